The number of rotatable bonds is 5. The van der Waals surface area contributed by atoms with E-state index in [1.807, 2.05) is 4.90 Å². The second-order valence-corrected chi connectivity index (χ2v) is 3.58. The van der Waals surface area contributed by atoms with E-state index in [0.29, 0.717) is 39.3 Å². The normalized spacial score (nSPS) is 16.6. The van der Waals surface area contributed by atoms with Gasteiger partial charge in [-0.2, -0.15) is 0 Å². The van der Waals surface area contributed by atoms with Gasteiger partial charge in [-0.1, -0.05) is 0 Å². The second-order valence-electron chi connectivity index (χ2n) is 3.58. The fourth-order valence-corrected chi connectivity index (χ4v) is 1.61. The largest absolute Gasteiger partial charge is 0.450 e. The van der Waals surface area contributed by atoms with E-state index in [1.165, 1.54) is 0 Å². The molecule has 8 nitrogen and oxygen atoms in total. The first-order valence-electron chi connectivity index (χ1n) is 5.55. The van der Waals surface area contributed by atoms with E-state index < -0.39 is 5.09 Å². The summed E-state index contributed by atoms with van der Waals surface area (Å²) in [6.45, 7) is 5.22. The van der Waals surface area contributed by atoms with Gasteiger partial charge in [-0.25, -0.2) is 4.79 Å². The molecule has 0 aromatic heterocycles. The van der Waals surface area contributed by atoms with Gasteiger partial charge in [0.25, 0.3) is 5.09 Å². The topological polar surface area (TPSA) is 85.2 Å². The molecule has 1 fully saturated rings. The summed E-state index contributed by atoms with van der Waals surface area (Å²) in [5.41, 5.74) is 0. The molecule has 1 aliphatic heterocycles. The Morgan fingerprint density at radius 1 is 1.35 bits per heavy atom. The average Bonchev–Trinajstić information content (AvgIpc) is 2.30. The van der Waals surface area contributed by atoms with Crippen molar-refractivity contribution >= 4 is 6.09 Å². The molecule has 0 aliphatic carbocycles. The van der Waals surface area contributed by atoms with Crippen molar-refractivity contribution in [3.63, 3.8) is 0 Å². The van der Waals surface area contributed by atoms with E-state index in [0.717, 1.165) is 0 Å². The maximum atomic E-state index is 11.4. The van der Waals surface area contributed by atoms with E-state index in [-0.39, 0.29) is 12.7 Å². The predicted octanol–water partition coefficient (Wildman–Crippen LogP) is -0.0312. The number of hydrogen-bond acceptors (Lipinski definition) is 6. The maximum absolute atomic E-state index is 11.4. The first kappa shape index (κ1) is 13.5. The summed E-state index contributed by atoms with van der Waals surface area (Å²) in [7, 11) is 0. The van der Waals surface area contributed by atoms with Crippen LogP contribution in [0.5, 0.6) is 0 Å². The van der Waals surface area contributed by atoms with Gasteiger partial charge in [-0.15, -0.1) is 10.1 Å². The van der Waals surface area contributed by atoms with Crippen molar-refractivity contribution in [2.24, 2.45) is 0 Å². The zero-order chi connectivity index (χ0) is 12.7. The zero-order valence-corrected chi connectivity index (χ0v) is 9.83. The number of carbonyl (C=O) groups excluding carboxylic acids is 1. The lowest BCUT2D eigenvalue weighted by Gasteiger charge is -2.33. The van der Waals surface area contributed by atoms with Gasteiger partial charge in [0.2, 0.25) is 0 Å². The minimum absolute atomic E-state index is 0.0619. The Bertz CT molecular complexity index is 265. The summed E-state index contributed by atoms with van der Waals surface area (Å²) in [6, 6.07) is 0. The van der Waals surface area contributed by atoms with Crippen LogP contribution in [0.1, 0.15) is 6.92 Å². The van der Waals surface area contributed by atoms with Crippen molar-refractivity contribution in [2.45, 2.75) is 6.92 Å². The summed E-state index contributed by atoms with van der Waals surface area (Å²) >= 11 is 0. The van der Waals surface area contributed by atoms with Crippen LogP contribution in [0.25, 0.3) is 0 Å². The smallest absolute Gasteiger partial charge is 0.409 e. The number of amides is 1. The molecule has 0 atom stereocenters. The molecule has 17 heavy (non-hydrogen) atoms. The van der Waals surface area contributed by atoms with Gasteiger partial charge in [-0.3, -0.25) is 4.90 Å². The first-order chi connectivity index (χ1) is 8.13. The van der Waals surface area contributed by atoms with Gasteiger partial charge in [0, 0.05) is 32.7 Å². The van der Waals surface area contributed by atoms with E-state index >= 15 is 0 Å². The fourth-order valence-electron chi connectivity index (χ4n) is 1.61. The van der Waals surface area contributed by atoms with Crippen LogP contribution in [0.4, 0.5) is 4.79 Å². The van der Waals surface area contributed by atoms with Crippen LogP contribution in [0.15, 0.2) is 0 Å². The average molecular weight is 247 g/mol. The molecule has 0 N–H and O–H groups in total. The summed E-state index contributed by atoms with van der Waals surface area (Å²) < 4.78 is 4.88. The summed E-state index contributed by atoms with van der Waals surface area (Å²) in [6.07, 6.45) is -0.298. The Balaban J connectivity index is 2.17. The Morgan fingerprint density at radius 2 is 2.00 bits per heavy atom. The monoisotopic (exact) mass is 247 g/mol. The van der Waals surface area contributed by atoms with E-state index in [9.17, 15) is 14.9 Å². The number of carbonyl (C=O) groups is 1. The van der Waals surface area contributed by atoms with Crippen LogP contribution in [-0.2, 0) is 9.57 Å². The van der Waals surface area contributed by atoms with E-state index in [2.05, 4.69) is 4.84 Å². The third-order valence-corrected chi connectivity index (χ3v) is 2.50. The van der Waals surface area contributed by atoms with Gasteiger partial charge >= 0.3 is 6.09 Å². The van der Waals surface area contributed by atoms with Gasteiger partial charge in [0.15, 0.2) is 0 Å². The van der Waals surface area contributed by atoms with Gasteiger partial charge < -0.3 is 14.5 Å². The molecule has 0 unspecified atom stereocenters. The lowest BCUT2D eigenvalue weighted by molar-refractivity contribution is -0.757. The van der Waals surface area contributed by atoms with Crippen LogP contribution < -0.4 is 0 Å². The van der Waals surface area contributed by atoms with Crippen LogP contribution in [0.2, 0.25) is 0 Å². The summed E-state index contributed by atoms with van der Waals surface area (Å²) in [4.78, 5) is 29.2. The van der Waals surface area contributed by atoms with E-state index in [4.69, 9.17) is 4.74 Å². The Morgan fingerprint density at radius 3 is 2.53 bits per heavy atom. The number of ether oxygens (including phenoxy) is 1. The molecule has 1 rings (SSSR count). The predicted molar refractivity (Wildman–Crippen MR) is 58.0 cm³/mol. The lowest BCUT2D eigenvalue weighted by atomic mass is 10.3. The zero-order valence-electron chi connectivity index (χ0n) is 9.83. The van der Waals surface area contributed by atoms with Crippen LogP contribution in [0, 0.1) is 10.1 Å². The molecule has 0 bridgehead atoms. The molecule has 0 aromatic carbocycles. The maximum Gasteiger partial charge on any atom is 0.409 e. The standard InChI is InChI=1S/C9H17N3O5/c1-2-16-9(13)11-5-3-10(4-6-11)7-8-17-12(14)15/h2-8H2,1H3. The van der Waals surface area contributed by atoms with Crippen molar-refractivity contribution in [2.75, 3.05) is 45.9 Å². The van der Waals surface area contributed by atoms with Crippen LogP contribution in [-0.4, -0.2) is 66.9 Å². The lowest BCUT2D eigenvalue weighted by Crippen LogP contribution is -2.49. The Kier molecular flexibility index (Phi) is 5.47. The molecule has 1 saturated heterocycles. The number of piperazine rings is 1. The third kappa shape index (κ3) is 4.85. The second kappa shape index (κ2) is 6.89. The molecule has 0 radical (unpaired) electrons. The molecular formula is C9H17N3O5. The molecule has 0 saturated carbocycles. The highest BCUT2D eigenvalue weighted by atomic mass is 16.9. The quantitative estimate of drug-likeness (QED) is 0.501. The molecular weight excluding hydrogens is 230 g/mol. The van der Waals surface area contributed by atoms with E-state index in [1.54, 1.807) is 11.8 Å². The summed E-state index contributed by atoms with van der Waals surface area (Å²) in [5.74, 6) is 0. The van der Waals surface area contributed by atoms with Gasteiger partial charge in [0.1, 0.15) is 6.61 Å². The van der Waals surface area contributed by atoms with Gasteiger partial charge in [0.05, 0.1) is 6.61 Å². The molecule has 98 valence electrons. The highest BCUT2D eigenvalue weighted by Gasteiger charge is 2.21. The van der Waals surface area contributed by atoms with Crippen molar-refractivity contribution in [3.05, 3.63) is 10.1 Å². The van der Waals surface area contributed by atoms with Crippen LogP contribution in [0.3, 0.4) is 0 Å². The Hall–Kier alpha value is -1.57. The molecule has 1 amide bonds. The van der Waals surface area contributed by atoms with Crippen molar-refractivity contribution < 1.29 is 19.5 Å². The molecule has 1 aliphatic rings. The molecule has 0 spiro atoms. The minimum atomic E-state index is -0.797. The van der Waals surface area contributed by atoms with Gasteiger partial charge in [-0.05, 0) is 6.92 Å². The summed E-state index contributed by atoms with van der Waals surface area (Å²) in [5, 5.41) is 9.15. The highest BCUT2D eigenvalue weighted by Crippen LogP contribution is 2.03. The first-order valence-corrected chi connectivity index (χ1v) is 5.55. The SMILES string of the molecule is CCOC(=O)N1CCN(CCO[N+](=O)[O-])CC1. The third-order valence-electron chi connectivity index (χ3n) is 2.50. The van der Waals surface area contributed by atoms with Crippen molar-refractivity contribution in [1.82, 2.24) is 9.80 Å². The molecule has 1 heterocycles. The number of hydrogen-bond donors (Lipinski definition) is 0. The molecule has 0 aromatic rings. The van der Waals surface area contributed by atoms with Crippen LogP contribution >= 0.6 is 0 Å². The van der Waals surface area contributed by atoms with Crippen molar-refractivity contribution in [1.29, 1.82) is 0 Å². The minimum Gasteiger partial charge on any atom is -0.450 e. The number of nitrogens with zero attached hydrogens (tertiary/aromatic N) is 3. The molecule has 8 heteroatoms. The highest BCUT2D eigenvalue weighted by molar-refractivity contribution is 5.67. The fraction of sp³-hybridized carbons (Fsp3) is 0.889. The van der Waals surface area contributed by atoms with Crippen molar-refractivity contribution in [3.8, 4) is 0 Å². The Labute approximate surface area is 99.2 Å².